The lowest BCUT2D eigenvalue weighted by atomic mass is 9.89. The number of nitrogens with zero attached hydrogens (tertiary/aromatic N) is 1. The number of piperidine rings is 1. The molecule has 29 heavy (non-hydrogen) atoms. The fourth-order valence-corrected chi connectivity index (χ4v) is 3.89. The number of carbonyl (C=O) groups excluding carboxylic acids is 1. The van der Waals surface area contributed by atoms with Gasteiger partial charge in [-0.15, -0.1) is 0 Å². The molecule has 4 nitrogen and oxygen atoms in total. The van der Waals surface area contributed by atoms with Crippen LogP contribution in [0.15, 0.2) is 48.7 Å². The Balaban J connectivity index is 1.53. The van der Waals surface area contributed by atoms with Crippen LogP contribution in [0, 0.1) is 0 Å². The topological polar surface area (TPSA) is 48.1 Å². The van der Waals surface area contributed by atoms with Gasteiger partial charge in [-0.3, -0.25) is 4.79 Å². The predicted molar refractivity (Wildman–Crippen MR) is 107 cm³/mol. The number of likely N-dealkylation sites (tertiary alicyclic amines) is 1. The number of amides is 1. The van der Waals surface area contributed by atoms with Crippen molar-refractivity contribution in [2.45, 2.75) is 24.9 Å². The highest BCUT2D eigenvalue weighted by molar-refractivity contribution is 6.05. The van der Waals surface area contributed by atoms with Gasteiger partial charge in [0.15, 0.2) is 0 Å². The number of halogens is 3. The summed E-state index contributed by atoms with van der Waals surface area (Å²) in [6, 6.07) is 9.86. The number of alkyl halides is 3. The summed E-state index contributed by atoms with van der Waals surface area (Å²) in [4.78, 5) is 18.1. The summed E-state index contributed by atoms with van der Waals surface area (Å²) < 4.78 is 38.1. The van der Waals surface area contributed by atoms with Gasteiger partial charge >= 0.3 is 6.18 Å². The summed E-state index contributed by atoms with van der Waals surface area (Å²) in [6.07, 6.45) is -0.196. The van der Waals surface area contributed by atoms with E-state index < -0.39 is 17.6 Å². The van der Waals surface area contributed by atoms with Crippen molar-refractivity contribution in [3.05, 3.63) is 65.4 Å². The second-order valence-corrected chi connectivity index (χ2v) is 7.61. The molecule has 2 aromatic carbocycles. The van der Waals surface area contributed by atoms with Crippen LogP contribution >= 0.6 is 0 Å². The van der Waals surface area contributed by atoms with Crippen LogP contribution in [0.25, 0.3) is 10.9 Å². The molecule has 152 valence electrons. The quantitative estimate of drug-likeness (QED) is 0.630. The Morgan fingerprint density at radius 1 is 1.10 bits per heavy atom. The van der Waals surface area contributed by atoms with Gasteiger partial charge in [0.2, 0.25) is 0 Å². The molecule has 0 unspecified atom stereocenters. The normalized spacial score (nSPS) is 16.3. The first-order valence-electron chi connectivity index (χ1n) is 9.59. The standard InChI is InChI=1S/C22H22F3N3O/c1-28-10-8-14(9-11-28)19-13-26-20-7-6-17(12-18(19)20)27-21(29)15-2-4-16(5-3-15)22(23,24)25/h2-7,12-14,26H,8-11H2,1H3,(H,27,29). The van der Waals surface area contributed by atoms with Gasteiger partial charge in [-0.05, 0) is 86.9 Å². The molecule has 0 aliphatic carbocycles. The number of fused-ring (bicyclic) bond motifs is 1. The molecule has 1 fully saturated rings. The minimum atomic E-state index is -4.42. The molecule has 1 saturated heterocycles. The molecular formula is C22H22F3N3O. The zero-order valence-corrected chi connectivity index (χ0v) is 16.0. The maximum Gasteiger partial charge on any atom is 0.416 e. The van der Waals surface area contributed by atoms with Crippen LogP contribution in [-0.2, 0) is 6.18 Å². The Kier molecular flexibility index (Phi) is 5.08. The van der Waals surface area contributed by atoms with Crippen molar-refractivity contribution in [1.82, 2.24) is 9.88 Å². The van der Waals surface area contributed by atoms with E-state index >= 15 is 0 Å². The molecule has 2 N–H and O–H groups in total. The zero-order valence-electron chi connectivity index (χ0n) is 16.0. The van der Waals surface area contributed by atoms with Crippen molar-refractivity contribution in [1.29, 1.82) is 0 Å². The summed E-state index contributed by atoms with van der Waals surface area (Å²) in [7, 11) is 2.13. The first-order chi connectivity index (χ1) is 13.8. The van der Waals surface area contributed by atoms with E-state index in [1.54, 1.807) is 6.07 Å². The van der Waals surface area contributed by atoms with Gasteiger partial charge in [0.25, 0.3) is 5.91 Å². The third-order valence-corrected chi connectivity index (χ3v) is 5.60. The first-order valence-corrected chi connectivity index (χ1v) is 9.59. The second-order valence-electron chi connectivity index (χ2n) is 7.61. The van der Waals surface area contributed by atoms with Gasteiger partial charge in [-0.2, -0.15) is 13.2 Å². The fourth-order valence-electron chi connectivity index (χ4n) is 3.89. The molecule has 0 radical (unpaired) electrons. The van der Waals surface area contributed by atoms with Crippen molar-refractivity contribution in [3.8, 4) is 0 Å². The van der Waals surface area contributed by atoms with E-state index in [0.29, 0.717) is 11.6 Å². The van der Waals surface area contributed by atoms with E-state index in [4.69, 9.17) is 0 Å². The number of aromatic nitrogens is 1. The highest BCUT2D eigenvalue weighted by Crippen LogP contribution is 2.34. The van der Waals surface area contributed by atoms with E-state index in [1.165, 1.54) is 17.7 Å². The van der Waals surface area contributed by atoms with Gasteiger partial charge in [0.05, 0.1) is 5.56 Å². The van der Waals surface area contributed by atoms with Gasteiger partial charge in [-0.1, -0.05) is 0 Å². The largest absolute Gasteiger partial charge is 0.416 e. The Labute approximate surface area is 166 Å². The molecule has 0 spiro atoms. The molecule has 0 atom stereocenters. The summed E-state index contributed by atoms with van der Waals surface area (Å²) in [5.74, 6) is 0.0373. The number of benzene rings is 2. The maximum absolute atomic E-state index is 12.7. The number of nitrogens with one attached hydrogen (secondary N) is 2. The zero-order chi connectivity index (χ0) is 20.6. The molecule has 0 saturated carbocycles. The first kappa shape index (κ1) is 19.5. The minimum absolute atomic E-state index is 0.183. The van der Waals surface area contributed by atoms with Crippen molar-refractivity contribution in [3.63, 3.8) is 0 Å². The molecule has 2 heterocycles. The number of hydrogen-bond donors (Lipinski definition) is 2. The van der Waals surface area contributed by atoms with Gasteiger partial charge in [-0.25, -0.2) is 0 Å². The number of carbonyl (C=O) groups is 1. The monoisotopic (exact) mass is 401 g/mol. The average molecular weight is 401 g/mol. The molecular weight excluding hydrogens is 379 g/mol. The SMILES string of the molecule is CN1CCC(c2c[nH]c3ccc(NC(=O)c4ccc(C(F)(F)F)cc4)cc23)CC1. The van der Waals surface area contributed by atoms with Crippen LogP contribution in [0.2, 0.25) is 0 Å². The number of aromatic amines is 1. The smallest absolute Gasteiger partial charge is 0.361 e. The van der Waals surface area contributed by atoms with E-state index in [9.17, 15) is 18.0 Å². The Hall–Kier alpha value is -2.80. The molecule has 7 heteroatoms. The Bertz CT molecular complexity index is 1020. The van der Waals surface area contributed by atoms with Crippen molar-refractivity contribution >= 4 is 22.5 Å². The van der Waals surface area contributed by atoms with Crippen molar-refractivity contribution in [2.75, 3.05) is 25.5 Å². The van der Waals surface area contributed by atoms with Crippen molar-refractivity contribution < 1.29 is 18.0 Å². The third-order valence-electron chi connectivity index (χ3n) is 5.60. The number of hydrogen-bond acceptors (Lipinski definition) is 2. The number of anilines is 1. The highest BCUT2D eigenvalue weighted by Gasteiger charge is 2.30. The maximum atomic E-state index is 12.7. The lowest BCUT2D eigenvalue weighted by Crippen LogP contribution is -2.29. The van der Waals surface area contributed by atoms with E-state index in [0.717, 1.165) is 49.0 Å². The predicted octanol–water partition coefficient (Wildman–Crippen LogP) is 5.25. The molecule has 1 amide bonds. The molecule has 1 aromatic heterocycles. The summed E-state index contributed by atoms with van der Waals surface area (Å²) in [5.41, 5.74) is 2.29. The lowest BCUT2D eigenvalue weighted by molar-refractivity contribution is -0.137. The fraction of sp³-hybridized carbons (Fsp3) is 0.318. The average Bonchev–Trinajstić information content (AvgIpc) is 3.11. The Morgan fingerprint density at radius 2 is 1.79 bits per heavy atom. The Morgan fingerprint density at radius 3 is 2.45 bits per heavy atom. The summed E-state index contributed by atoms with van der Waals surface area (Å²) in [5, 5.41) is 3.87. The van der Waals surface area contributed by atoms with Crippen LogP contribution in [0.3, 0.4) is 0 Å². The molecule has 0 bridgehead atoms. The van der Waals surface area contributed by atoms with Crippen molar-refractivity contribution in [2.24, 2.45) is 0 Å². The van der Waals surface area contributed by atoms with E-state index in [-0.39, 0.29) is 5.56 Å². The highest BCUT2D eigenvalue weighted by atomic mass is 19.4. The van der Waals surface area contributed by atoms with Crippen LogP contribution in [0.1, 0.15) is 40.2 Å². The van der Waals surface area contributed by atoms with Crippen LogP contribution < -0.4 is 5.32 Å². The molecule has 1 aliphatic heterocycles. The minimum Gasteiger partial charge on any atom is -0.361 e. The number of H-pyrrole nitrogens is 1. The molecule has 4 rings (SSSR count). The molecule has 1 aliphatic rings. The van der Waals surface area contributed by atoms with Gasteiger partial charge < -0.3 is 15.2 Å². The van der Waals surface area contributed by atoms with Crippen LogP contribution in [-0.4, -0.2) is 35.9 Å². The van der Waals surface area contributed by atoms with E-state index in [2.05, 4.69) is 22.2 Å². The van der Waals surface area contributed by atoms with Crippen LogP contribution in [0.4, 0.5) is 18.9 Å². The lowest BCUT2D eigenvalue weighted by Gasteiger charge is -2.28. The summed E-state index contributed by atoms with van der Waals surface area (Å²) >= 11 is 0. The third kappa shape index (κ3) is 4.15. The molecule has 3 aromatic rings. The van der Waals surface area contributed by atoms with Gasteiger partial charge in [0.1, 0.15) is 0 Å². The summed E-state index contributed by atoms with van der Waals surface area (Å²) in [6.45, 7) is 2.11. The van der Waals surface area contributed by atoms with Crippen LogP contribution in [0.5, 0.6) is 0 Å². The second kappa shape index (κ2) is 7.55. The van der Waals surface area contributed by atoms with Gasteiger partial charge in [0, 0.05) is 28.4 Å². The van der Waals surface area contributed by atoms with E-state index in [1.807, 2.05) is 18.3 Å². The number of rotatable bonds is 3.